The lowest BCUT2D eigenvalue weighted by atomic mass is 9.71. The van der Waals surface area contributed by atoms with Crippen LogP contribution < -0.4 is 5.32 Å². The molecule has 0 amide bonds. The van der Waals surface area contributed by atoms with E-state index in [2.05, 4.69) is 39.6 Å². The van der Waals surface area contributed by atoms with E-state index in [1.807, 2.05) is 11.3 Å². The van der Waals surface area contributed by atoms with Crippen molar-refractivity contribution in [2.75, 3.05) is 13.1 Å². The van der Waals surface area contributed by atoms with Crippen LogP contribution in [0.1, 0.15) is 50.3 Å². The van der Waals surface area contributed by atoms with Crippen LogP contribution in [-0.2, 0) is 6.42 Å². The molecular weight excluding hydrogens is 306 g/mol. The molecule has 1 heterocycles. The van der Waals surface area contributed by atoms with Crippen LogP contribution in [-0.4, -0.2) is 13.1 Å². The number of hydrogen-bond acceptors (Lipinski definition) is 2. The van der Waals surface area contributed by atoms with Gasteiger partial charge in [-0.15, -0.1) is 11.3 Å². The van der Waals surface area contributed by atoms with Gasteiger partial charge in [-0.3, -0.25) is 0 Å². The van der Waals surface area contributed by atoms with Crippen LogP contribution in [0.5, 0.6) is 0 Å². The first-order valence-corrected chi connectivity index (χ1v) is 8.85. The van der Waals surface area contributed by atoms with E-state index in [1.165, 1.54) is 56.0 Å². The lowest BCUT2D eigenvalue weighted by molar-refractivity contribution is 0.182. The quantitative estimate of drug-likeness (QED) is 0.724. The first-order chi connectivity index (χ1) is 8.74. The van der Waals surface area contributed by atoms with Crippen molar-refractivity contribution >= 4 is 27.3 Å². The van der Waals surface area contributed by atoms with Gasteiger partial charge in [0, 0.05) is 21.3 Å². The molecule has 3 heteroatoms. The van der Waals surface area contributed by atoms with Gasteiger partial charge < -0.3 is 5.32 Å². The molecule has 1 saturated carbocycles. The minimum absolute atomic E-state index is 0.526. The number of thiophene rings is 1. The summed E-state index contributed by atoms with van der Waals surface area (Å²) < 4.78 is 1.25. The van der Waals surface area contributed by atoms with Crippen molar-refractivity contribution in [2.24, 2.45) is 5.41 Å². The van der Waals surface area contributed by atoms with Gasteiger partial charge in [-0.05, 0) is 59.6 Å². The minimum atomic E-state index is 0.526. The first kappa shape index (κ1) is 14.5. The fraction of sp³-hybridized carbons (Fsp3) is 0.733. The lowest BCUT2D eigenvalue weighted by Gasteiger charge is -2.37. The topological polar surface area (TPSA) is 12.0 Å². The third kappa shape index (κ3) is 4.07. The summed E-state index contributed by atoms with van der Waals surface area (Å²) >= 11 is 5.48. The molecule has 102 valence electrons. The highest BCUT2D eigenvalue weighted by Gasteiger charge is 2.32. The standard InChI is InChI=1S/C15H24BrNS/c1-2-8-17-12-15(6-4-3-5-7-15)10-14-9-13(16)11-18-14/h9,11,17H,2-8,10,12H2,1H3. The third-order valence-corrected chi connectivity index (χ3v) is 5.71. The van der Waals surface area contributed by atoms with E-state index in [0.29, 0.717) is 5.41 Å². The Hall–Kier alpha value is 0.140. The summed E-state index contributed by atoms with van der Waals surface area (Å²) in [7, 11) is 0. The predicted molar refractivity (Wildman–Crippen MR) is 84.4 cm³/mol. The van der Waals surface area contributed by atoms with Crippen LogP contribution in [0, 0.1) is 5.41 Å². The van der Waals surface area contributed by atoms with Crippen molar-refractivity contribution in [3.8, 4) is 0 Å². The zero-order valence-corrected chi connectivity index (χ0v) is 13.7. The van der Waals surface area contributed by atoms with Crippen LogP contribution >= 0.6 is 27.3 Å². The second-order valence-electron chi connectivity index (χ2n) is 5.65. The molecule has 0 bridgehead atoms. The largest absolute Gasteiger partial charge is 0.316 e. The van der Waals surface area contributed by atoms with E-state index in [9.17, 15) is 0 Å². The molecule has 1 N–H and O–H groups in total. The van der Waals surface area contributed by atoms with Crippen LogP contribution in [0.2, 0.25) is 0 Å². The van der Waals surface area contributed by atoms with Crippen molar-refractivity contribution in [2.45, 2.75) is 51.9 Å². The molecule has 1 aliphatic rings. The average molecular weight is 330 g/mol. The third-order valence-electron chi connectivity index (χ3n) is 4.01. The summed E-state index contributed by atoms with van der Waals surface area (Å²) in [6, 6.07) is 2.31. The summed E-state index contributed by atoms with van der Waals surface area (Å²) in [5.41, 5.74) is 0.526. The molecule has 18 heavy (non-hydrogen) atoms. The molecule has 1 aromatic heterocycles. The molecule has 1 aliphatic carbocycles. The highest BCUT2D eigenvalue weighted by atomic mass is 79.9. The SMILES string of the molecule is CCCNCC1(Cc2cc(Br)cs2)CCCCC1. The van der Waals surface area contributed by atoms with E-state index in [0.717, 1.165) is 6.54 Å². The molecule has 0 spiro atoms. The lowest BCUT2D eigenvalue weighted by Crippen LogP contribution is -2.38. The van der Waals surface area contributed by atoms with Gasteiger partial charge in [-0.2, -0.15) is 0 Å². The highest BCUT2D eigenvalue weighted by molar-refractivity contribution is 9.10. The van der Waals surface area contributed by atoms with Gasteiger partial charge in [-0.25, -0.2) is 0 Å². The average Bonchev–Trinajstić information content (AvgIpc) is 2.76. The van der Waals surface area contributed by atoms with E-state index in [-0.39, 0.29) is 0 Å². The van der Waals surface area contributed by atoms with Crippen molar-refractivity contribution in [3.63, 3.8) is 0 Å². The predicted octanol–water partition coefficient (Wildman–Crippen LogP) is 5.00. The normalized spacial score (nSPS) is 19.0. The fourth-order valence-corrected chi connectivity index (χ4v) is 4.69. The summed E-state index contributed by atoms with van der Waals surface area (Å²) in [5, 5.41) is 5.88. The Morgan fingerprint density at radius 1 is 1.33 bits per heavy atom. The van der Waals surface area contributed by atoms with Gasteiger partial charge in [0.1, 0.15) is 0 Å². The number of hydrogen-bond donors (Lipinski definition) is 1. The second kappa shape index (κ2) is 7.06. The highest BCUT2D eigenvalue weighted by Crippen LogP contribution is 2.40. The zero-order valence-electron chi connectivity index (χ0n) is 11.3. The Balaban J connectivity index is 1.99. The van der Waals surface area contributed by atoms with Crippen LogP contribution in [0.25, 0.3) is 0 Å². The van der Waals surface area contributed by atoms with E-state index >= 15 is 0 Å². The van der Waals surface area contributed by atoms with E-state index < -0.39 is 0 Å². The maximum absolute atomic E-state index is 3.67. The maximum Gasteiger partial charge on any atom is 0.0285 e. The van der Waals surface area contributed by atoms with Crippen molar-refractivity contribution in [1.29, 1.82) is 0 Å². The summed E-state index contributed by atoms with van der Waals surface area (Å²) in [6.45, 7) is 4.61. The Kier molecular flexibility index (Phi) is 5.71. The second-order valence-corrected chi connectivity index (χ2v) is 7.56. The molecule has 0 aliphatic heterocycles. The van der Waals surface area contributed by atoms with Gasteiger partial charge in [0.2, 0.25) is 0 Å². The number of halogens is 1. The Labute approximate surface area is 123 Å². The number of rotatable bonds is 6. The molecule has 1 fully saturated rings. The van der Waals surface area contributed by atoms with E-state index in [1.54, 1.807) is 4.88 Å². The monoisotopic (exact) mass is 329 g/mol. The Bertz CT molecular complexity index is 355. The summed E-state index contributed by atoms with van der Waals surface area (Å²) in [4.78, 5) is 1.54. The number of nitrogens with one attached hydrogen (secondary N) is 1. The molecule has 0 radical (unpaired) electrons. The molecule has 0 unspecified atom stereocenters. The molecule has 2 rings (SSSR count). The summed E-state index contributed by atoms with van der Waals surface area (Å²) in [5.74, 6) is 0. The molecule has 1 nitrogen and oxygen atoms in total. The minimum Gasteiger partial charge on any atom is -0.316 e. The Morgan fingerprint density at radius 2 is 2.11 bits per heavy atom. The maximum atomic E-state index is 3.67. The van der Waals surface area contributed by atoms with Crippen LogP contribution in [0.15, 0.2) is 15.9 Å². The summed E-state index contributed by atoms with van der Waals surface area (Å²) in [6.07, 6.45) is 9.57. The van der Waals surface area contributed by atoms with Crippen molar-refractivity contribution in [1.82, 2.24) is 5.32 Å². The van der Waals surface area contributed by atoms with Gasteiger partial charge in [0.25, 0.3) is 0 Å². The molecule has 0 saturated heterocycles. The molecular formula is C15H24BrNS. The molecule has 0 aromatic carbocycles. The molecule has 1 aromatic rings. The fourth-order valence-electron chi connectivity index (χ4n) is 3.06. The van der Waals surface area contributed by atoms with Gasteiger partial charge in [-0.1, -0.05) is 26.2 Å². The van der Waals surface area contributed by atoms with Gasteiger partial charge >= 0.3 is 0 Å². The van der Waals surface area contributed by atoms with Crippen LogP contribution in [0.4, 0.5) is 0 Å². The van der Waals surface area contributed by atoms with Gasteiger partial charge in [0.15, 0.2) is 0 Å². The van der Waals surface area contributed by atoms with E-state index in [4.69, 9.17) is 0 Å². The van der Waals surface area contributed by atoms with Crippen molar-refractivity contribution < 1.29 is 0 Å². The van der Waals surface area contributed by atoms with Crippen molar-refractivity contribution in [3.05, 3.63) is 20.8 Å². The van der Waals surface area contributed by atoms with Gasteiger partial charge in [0.05, 0.1) is 0 Å². The smallest absolute Gasteiger partial charge is 0.0285 e. The zero-order chi connectivity index (χ0) is 12.8. The Morgan fingerprint density at radius 3 is 2.72 bits per heavy atom. The first-order valence-electron chi connectivity index (χ1n) is 7.18. The van der Waals surface area contributed by atoms with Crippen LogP contribution in [0.3, 0.4) is 0 Å². The molecule has 0 atom stereocenters.